The van der Waals surface area contributed by atoms with E-state index in [4.69, 9.17) is 0 Å². The summed E-state index contributed by atoms with van der Waals surface area (Å²) in [6, 6.07) is 0.549. The van der Waals surface area contributed by atoms with Crippen molar-refractivity contribution in [1.82, 2.24) is 10.2 Å². The zero-order valence-corrected chi connectivity index (χ0v) is 12.1. The van der Waals surface area contributed by atoms with Gasteiger partial charge in [-0.1, -0.05) is 0 Å². The van der Waals surface area contributed by atoms with Gasteiger partial charge in [-0.25, -0.2) is 8.42 Å². The van der Waals surface area contributed by atoms with Gasteiger partial charge >= 0.3 is 0 Å². The molecule has 2 unspecified atom stereocenters. The Labute approximate surface area is 106 Å². The maximum atomic E-state index is 11.1. The zero-order chi connectivity index (χ0) is 12.9. The minimum absolute atomic E-state index is 0.315. The molecule has 0 bridgehead atoms. The third kappa shape index (κ3) is 5.84. The Hall–Kier alpha value is -0.130. The van der Waals surface area contributed by atoms with Crippen molar-refractivity contribution in [3.63, 3.8) is 0 Å². The summed E-state index contributed by atoms with van der Waals surface area (Å²) in [6.07, 6.45) is 4.59. The van der Waals surface area contributed by atoms with Crippen LogP contribution in [0.15, 0.2) is 0 Å². The summed E-state index contributed by atoms with van der Waals surface area (Å²) in [5, 5.41) is 3.31. The summed E-state index contributed by atoms with van der Waals surface area (Å²) in [7, 11) is -0.791. The lowest BCUT2D eigenvalue weighted by atomic mass is 9.91. The highest BCUT2D eigenvalue weighted by atomic mass is 32.2. The maximum absolute atomic E-state index is 11.1. The van der Waals surface area contributed by atoms with Crippen LogP contribution in [0.2, 0.25) is 0 Å². The van der Waals surface area contributed by atoms with E-state index in [1.165, 1.54) is 19.1 Å². The van der Waals surface area contributed by atoms with Gasteiger partial charge in [-0.3, -0.25) is 0 Å². The molecule has 102 valence electrons. The average Bonchev–Trinajstić information content (AvgIpc) is 2.27. The summed E-state index contributed by atoms with van der Waals surface area (Å²) in [5.41, 5.74) is 0. The van der Waals surface area contributed by atoms with Gasteiger partial charge in [-0.2, -0.15) is 0 Å². The first-order valence-corrected chi connectivity index (χ1v) is 8.56. The topological polar surface area (TPSA) is 49.4 Å². The van der Waals surface area contributed by atoms with Crippen molar-refractivity contribution in [1.29, 1.82) is 0 Å². The van der Waals surface area contributed by atoms with E-state index in [0.29, 0.717) is 17.7 Å². The molecule has 1 fully saturated rings. The molecule has 1 N–H and O–H groups in total. The number of rotatable bonds is 6. The lowest BCUT2D eigenvalue weighted by Gasteiger charge is -2.35. The first kappa shape index (κ1) is 14.9. The van der Waals surface area contributed by atoms with Crippen LogP contribution in [-0.2, 0) is 9.84 Å². The first-order valence-electron chi connectivity index (χ1n) is 6.49. The Kier molecular flexibility index (Phi) is 5.89. The molecular weight excluding hydrogens is 236 g/mol. The number of piperidine rings is 1. The van der Waals surface area contributed by atoms with Gasteiger partial charge in [0.25, 0.3) is 0 Å². The molecule has 0 amide bonds. The minimum Gasteiger partial charge on any atom is -0.317 e. The second-order valence-corrected chi connectivity index (χ2v) is 7.52. The molecule has 0 aromatic heterocycles. The molecule has 0 aromatic carbocycles. The van der Waals surface area contributed by atoms with E-state index in [0.717, 1.165) is 26.1 Å². The van der Waals surface area contributed by atoms with Crippen molar-refractivity contribution in [2.45, 2.75) is 32.2 Å². The second-order valence-electron chi connectivity index (χ2n) is 5.26. The Morgan fingerprint density at radius 1 is 1.47 bits per heavy atom. The van der Waals surface area contributed by atoms with Gasteiger partial charge in [-0.15, -0.1) is 0 Å². The van der Waals surface area contributed by atoms with E-state index in [-0.39, 0.29) is 0 Å². The summed E-state index contributed by atoms with van der Waals surface area (Å²) in [4.78, 5) is 2.41. The van der Waals surface area contributed by atoms with Crippen LogP contribution >= 0.6 is 0 Å². The summed E-state index contributed by atoms with van der Waals surface area (Å²) >= 11 is 0. The van der Waals surface area contributed by atoms with Crippen LogP contribution in [0, 0.1) is 5.92 Å². The normalized spacial score (nSPS) is 24.8. The van der Waals surface area contributed by atoms with Crippen LogP contribution in [0.4, 0.5) is 0 Å². The first-order chi connectivity index (χ1) is 7.92. The van der Waals surface area contributed by atoms with Gasteiger partial charge in [0, 0.05) is 18.8 Å². The molecule has 4 nitrogen and oxygen atoms in total. The molecule has 1 aliphatic heterocycles. The van der Waals surface area contributed by atoms with Crippen LogP contribution in [0.1, 0.15) is 26.2 Å². The fraction of sp³-hybridized carbons (Fsp3) is 1.00. The lowest BCUT2D eigenvalue weighted by molar-refractivity contribution is 0.154. The van der Waals surface area contributed by atoms with Crippen molar-refractivity contribution in [2.75, 3.05) is 38.7 Å². The highest BCUT2D eigenvalue weighted by molar-refractivity contribution is 7.90. The number of hydrogen-bond donors (Lipinski definition) is 1. The van der Waals surface area contributed by atoms with Gasteiger partial charge in [0.2, 0.25) is 0 Å². The number of likely N-dealkylation sites (tertiary alicyclic amines) is 1. The highest BCUT2D eigenvalue weighted by Gasteiger charge is 2.23. The van der Waals surface area contributed by atoms with Crippen LogP contribution in [0.5, 0.6) is 0 Å². The van der Waals surface area contributed by atoms with Crippen LogP contribution in [-0.4, -0.2) is 58.1 Å². The molecule has 0 aromatic rings. The van der Waals surface area contributed by atoms with E-state index in [1.807, 2.05) is 7.05 Å². The number of sulfone groups is 1. The fourth-order valence-electron chi connectivity index (χ4n) is 2.49. The summed E-state index contributed by atoms with van der Waals surface area (Å²) in [6.45, 7) is 5.37. The van der Waals surface area contributed by atoms with Gasteiger partial charge in [0.05, 0.1) is 5.75 Å². The quantitative estimate of drug-likeness (QED) is 0.767. The SMILES string of the molecule is CNC(C)C1CCCN(CCCS(C)(=O)=O)C1. The molecular formula is C12H26N2O2S. The van der Waals surface area contributed by atoms with Crippen molar-refractivity contribution in [2.24, 2.45) is 5.92 Å². The van der Waals surface area contributed by atoms with E-state index < -0.39 is 9.84 Å². The molecule has 17 heavy (non-hydrogen) atoms. The minimum atomic E-state index is -2.80. The predicted octanol–water partition coefficient (Wildman–Crippen LogP) is 0.741. The van der Waals surface area contributed by atoms with Crippen LogP contribution < -0.4 is 5.32 Å². The molecule has 0 aliphatic carbocycles. The molecule has 1 saturated heterocycles. The lowest BCUT2D eigenvalue weighted by Crippen LogP contribution is -2.43. The van der Waals surface area contributed by atoms with Gasteiger partial charge in [0.1, 0.15) is 9.84 Å². The van der Waals surface area contributed by atoms with E-state index in [1.54, 1.807) is 0 Å². The molecule has 0 spiro atoms. The Morgan fingerprint density at radius 3 is 2.76 bits per heavy atom. The Morgan fingerprint density at radius 2 is 2.18 bits per heavy atom. The van der Waals surface area contributed by atoms with Crippen molar-refractivity contribution in [3.05, 3.63) is 0 Å². The number of nitrogens with zero attached hydrogens (tertiary/aromatic N) is 1. The van der Waals surface area contributed by atoms with Crippen LogP contribution in [0.25, 0.3) is 0 Å². The number of hydrogen-bond acceptors (Lipinski definition) is 4. The molecule has 1 aliphatic rings. The molecule has 0 saturated carbocycles. The average molecular weight is 262 g/mol. The van der Waals surface area contributed by atoms with Crippen LogP contribution in [0.3, 0.4) is 0 Å². The van der Waals surface area contributed by atoms with Crippen molar-refractivity contribution in [3.8, 4) is 0 Å². The smallest absolute Gasteiger partial charge is 0.147 e. The highest BCUT2D eigenvalue weighted by Crippen LogP contribution is 2.19. The van der Waals surface area contributed by atoms with E-state index in [2.05, 4.69) is 17.1 Å². The third-order valence-corrected chi connectivity index (χ3v) is 4.72. The van der Waals surface area contributed by atoms with Crippen molar-refractivity contribution >= 4 is 9.84 Å². The van der Waals surface area contributed by atoms with Gasteiger partial charge < -0.3 is 10.2 Å². The van der Waals surface area contributed by atoms with E-state index in [9.17, 15) is 8.42 Å². The Bertz CT molecular complexity index is 316. The monoisotopic (exact) mass is 262 g/mol. The molecule has 1 heterocycles. The second kappa shape index (κ2) is 6.71. The number of nitrogens with one attached hydrogen (secondary N) is 1. The molecule has 1 rings (SSSR count). The van der Waals surface area contributed by atoms with Gasteiger partial charge in [-0.05, 0) is 52.2 Å². The van der Waals surface area contributed by atoms with Crippen molar-refractivity contribution < 1.29 is 8.42 Å². The zero-order valence-electron chi connectivity index (χ0n) is 11.3. The Balaban J connectivity index is 2.30. The van der Waals surface area contributed by atoms with E-state index >= 15 is 0 Å². The largest absolute Gasteiger partial charge is 0.317 e. The summed E-state index contributed by atoms with van der Waals surface area (Å²) < 4.78 is 22.1. The third-order valence-electron chi connectivity index (χ3n) is 3.69. The molecule has 5 heteroatoms. The summed E-state index contributed by atoms with van der Waals surface area (Å²) in [5.74, 6) is 1.02. The standard InChI is InChI=1S/C12H26N2O2S/c1-11(13-2)12-6-4-7-14(10-12)8-5-9-17(3,15)16/h11-13H,4-10H2,1-3H3. The maximum Gasteiger partial charge on any atom is 0.147 e. The molecule has 2 atom stereocenters. The predicted molar refractivity (Wildman–Crippen MR) is 72.0 cm³/mol. The van der Waals surface area contributed by atoms with Gasteiger partial charge in [0.15, 0.2) is 0 Å². The molecule has 0 radical (unpaired) electrons. The fourth-order valence-corrected chi connectivity index (χ4v) is 3.14.